The second-order valence-corrected chi connectivity index (χ2v) is 3.99. The van der Waals surface area contributed by atoms with Crippen LogP contribution in [0.25, 0.3) is 0 Å². The van der Waals surface area contributed by atoms with E-state index < -0.39 is 0 Å². The number of hydrogen-bond acceptors (Lipinski definition) is 3. The molecular weight excluding hydrogens is 196 g/mol. The van der Waals surface area contributed by atoms with E-state index in [1.807, 2.05) is 0 Å². The van der Waals surface area contributed by atoms with E-state index in [9.17, 15) is 4.79 Å². The fraction of sp³-hybridized carbons (Fsp3) is 0.900. The molecule has 2 rings (SSSR count). The van der Waals surface area contributed by atoms with Gasteiger partial charge in [0.1, 0.15) is 6.23 Å². The highest BCUT2D eigenvalue weighted by Crippen LogP contribution is 2.11. The van der Waals surface area contributed by atoms with E-state index in [2.05, 4.69) is 10.6 Å². The molecule has 0 aromatic rings. The van der Waals surface area contributed by atoms with Gasteiger partial charge in [0.15, 0.2) is 0 Å². The SMILES string of the molecule is O=C(NCC1CCCO1)NC1CCCO1. The zero-order valence-corrected chi connectivity index (χ0v) is 8.83. The van der Waals surface area contributed by atoms with Gasteiger partial charge in [-0.15, -0.1) is 0 Å². The molecule has 2 aliphatic heterocycles. The molecule has 5 heteroatoms. The van der Waals surface area contributed by atoms with Crippen LogP contribution in [0.2, 0.25) is 0 Å². The molecular formula is C10H18N2O3. The van der Waals surface area contributed by atoms with Crippen LogP contribution in [-0.4, -0.2) is 38.1 Å². The van der Waals surface area contributed by atoms with Crippen LogP contribution in [0.15, 0.2) is 0 Å². The predicted molar refractivity (Wildman–Crippen MR) is 54.5 cm³/mol. The summed E-state index contributed by atoms with van der Waals surface area (Å²) in [4.78, 5) is 11.4. The first-order valence-corrected chi connectivity index (χ1v) is 5.62. The highest BCUT2D eigenvalue weighted by molar-refractivity contribution is 5.74. The summed E-state index contributed by atoms with van der Waals surface area (Å²) < 4.78 is 10.7. The Morgan fingerprint density at radius 1 is 1.20 bits per heavy atom. The van der Waals surface area contributed by atoms with Crippen molar-refractivity contribution in [3.8, 4) is 0 Å². The first kappa shape index (κ1) is 10.7. The van der Waals surface area contributed by atoms with E-state index in [-0.39, 0.29) is 18.4 Å². The quantitative estimate of drug-likeness (QED) is 0.723. The molecule has 0 aromatic heterocycles. The Balaban J connectivity index is 1.59. The number of hydrogen-bond donors (Lipinski definition) is 2. The van der Waals surface area contributed by atoms with E-state index in [1.165, 1.54) is 0 Å². The molecule has 0 bridgehead atoms. The lowest BCUT2D eigenvalue weighted by Crippen LogP contribution is -2.44. The van der Waals surface area contributed by atoms with Crippen molar-refractivity contribution in [2.75, 3.05) is 19.8 Å². The van der Waals surface area contributed by atoms with Crippen LogP contribution in [-0.2, 0) is 9.47 Å². The fourth-order valence-corrected chi connectivity index (χ4v) is 1.90. The van der Waals surface area contributed by atoms with Crippen molar-refractivity contribution in [3.63, 3.8) is 0 Å². The van der Waals surface area contributed by atoms with Crippen molar-refractivity contribution >= 4 is 6.03 Å². The molecule has 0 saturated carbocycles. The predicted octanol–water partition coefficient (Wildman–Crippen LogP) is 0.601. The maximum atomic E-state index is 11.4. The summed E-state index contributed by atoms with van der Waals surface area (Å²) in [7, 11) is 0. The second-order valence-electron chi connectivity index (χ2n) is 3.99. The lowest BCUT2D eigenvalue weighted by molar-refractivity contribution is 0.0873. The molecule has 0 spiro atoms. The van der Waals surface area contributed by atoms with Crippen LogP contribution in [0.3, 0.4) is 0 Å². The van der Waals surface area contributed by atoms with E-state index in [0.717, 1.165) is 38.9 Å². The molecule has 2 atom stereocenters. The van der Waals surface area contributed by atoms with Crippen LogP contribution < -0.4 is 10.6 Å². The lowest BCUT2D eigenvalue weighted by Gasteiger charge is -2.14. The van der Waals surface area contributed by atoms with Gasteiger partial charge in [-0.1, -0.05) is 0 Å². The second kappa shape index (κ2) is 5.32. The number of nitrogens with one attached hydrogen (secondary N) is 2. The Bertz CT molecular complexity index is 211. The molecule has 2 saturated heterocycles. The number of ether oxygens (including phenoxy) is 2. The van der Waals surface area contributed by atoms with Gasteiger partial charge in [0.25, 0.3) is 0 Å². The van der Waals surface area contributed by atoms with Crippen LogP contribution in [0.1, 0.15) is 25.7 Å². The third-order valence-corrected chi connectivity index (χ3v) is 2.74. The lowest BCUT2D eigenvalue weighted by atomic mass is 10.2. The number of urea groups is 1. The molecule has 2 fully saturated rings. The molecule has 15 heavy (non-hydrogen) atoms. The van der Waals surface area contributed by atoms with Gasteiger partial charge in [-0.2, -0.15) is 0 Å². The molecule has 2 unspecified atom stereocenters. The van der Waals surface area contributed by atoms with Gasteiger partial charge in [-0.25, -0.2) is 4.79 Å². The summed E-state index contributed by atoms with van der Waals surface area (Å²) in [5.41, 5.74) is 0. The third-order valence-electron chi connectivity index (χ3n) is 2.74. The summed E-state index contributed by atoms with van der Waals surface area (Å²) >= 11 is 0. The summed E-state index contributed by atoms with van der Waals surface area (Å²) in [6.07, 6.45) is 4.17. The van der Waals surface area contributed by atoms with Crippen LogP contribution >= 0.6 is 0 Å². The Morgan fingerprint density at radius 2 is 2.00 bits per heavy atom. The molecule has 2 amide bonds. The topological polar surface area (TPSA) is 59.6 Å². The Hall–Kier alpha value is -0.810. The van der Waals surface area contributed by atoms with Gasteiger partial charge in [0.2, 0.25) is 0 Å². The van der Waals surface area contributed by atoms with Crippen molar-refractivity contribution in [1.82, 2.24) is 10.6 Å². The minimum atomic E-state index is -0.155. The van der Waals surface area contributed by atoms with E-state index in [0.29, 0.717) is 6.54 Å². The average Bonchev–Trinajstić information content (AvgIpc) is 2.86. The minimum absolute atomic E-state index is 0.102. The van der Waals surface area contributed by atoms with Gasteiger partial charge in [0.05, 0.1) is 6.10 Å². The zero-order valence-electron chi connectivity index (χ0n) is 8.83. The first-order chi connectivity index (χ1) is 7.34. The van der Waals surface area contributed by atoms with Crippen LogP contribution in [0.4, 0.5) is 4.79 Å². The number of carbonyl (C=O) groups is 1. The molecule has 0 aliphatic carbocycles. The fourth-order valence-electron chi connectivity index (χ4n) is 1.90. The average molecular weight is 214 g/mol. The Kier molecular flexibility index (Phi) is 3.80. The molecule has 2 aliphatic rings. The van der Waals surface area contributed by atoms with Gasteiger partial charge >= 0.3 is 6.03 Å². The maximum absolute atomic E-state index is 11.4. The van der Waals surface area contributed by atoms with Crippen LogP contribution in [0.5, 0.6) is 0 Å². The van der Waals surface area contributed by atoms with E-state index >= 15 is 0 Å². The maximum Gasteiger partial charge on any atom is 0.316 e. The highest BCUT2D eigenvalue weighted by atomic mass is 16.5. The number of amides is 2. The van der Waals surface area contributed by atoms with Gasteiger partial charge in [-0.3, -0.25) is 0 Å². The molecule has 86 valence electrons. The summed E-state index contributed by atoms with van der Waals surface area (Å²) in [6.45, 7) is 2.16. The standard InChI is InChI=1S/C10H18N2O3/c13-10(12-9-4-2-6-15-9)11-7-8-3-1-5-14-8/h8-9H,1-7H2,(H2,11,12,13). The van der Waals surface area contributed by atoms with E-state index in [1.54, 1.807) is 0 Å². The minimum Gasteiger partial charge on any atom is -0.376 e. The summed E-state index contributed by atoms with van der Waals surface area (Å²) in [6, 6.07) is -0.155. The number of carbonyl (C=O) groups excluding carboxylic acids is 1. The third kappa shape index (κ3) is 3.35. The van der Waals surface area contributed by atoms with Crippen molar-refractivity contribution in [3.05, 3.63) is 0 Å². The largest absolute Gasteiger partial charge is 0.376 e. The van der Waals surface area contributed by atoms with Crippen molar-refractivity contribution < 1.29 is 14.3 Å². The van der Waals surface area contributed by atoms with E-state index in [4.69, 9.17) is 9.47 Å². The highest BCUT2D eigenvalue weighted by Gasteiger charge is 2.19. The molecule has 5 nitrogen and oxygen atoms in total. The van der Waals surface area contributed by atoms with Crippen molar-refractivity contribution in [2.45, 2.75) is 38.0 Å². The van der Waals surface area contributed by atoms with Gasteiger partial charge < -0.3 is 20.1 Å². The summed E-state index contributed by atoms with van der Waals surface area (Å²) in [5, 5.41) is 5.57. The molecule has 2 heterocycles. The molecule has 0 radical (unpaired) electrons. The summed E-state index contributed by atoms with van der Waals surface area (Å²) in [5.74, 6) is 0. The molecule has 2 N–H and O–H groups in total. The molecule has 0 aromatic carbocycles. The first-order valence-electron chi connectivity index (χ1n) is 5.62. The Labute approximate surface area is 89.5 Å². The zero-order chi connectivity index (χ0) is 10.5. The van der Waals surface area contributed by atoms with Crippen molar-refractivity contribution in [1.29, 1.82) is 0 Å². The normalized spacial score (nSPS) is 30.4. The van der Waals surface area contributed by atoms with Gasteiger partial charge in [0, 0.05) is 19.8 Å². The van der Waals surface area contributed by atoms with Crippen LogP contribution in [0, 0.1) is 0 Å². The monoisotopic (exact) mass is 214 g/mol. The smallest absolute Gasteiger partial charge is 0.316 e. The van der Waals surface area contributed by atoms with Gasteiger partial charge in [-0.05, 0) is 25.7 Å². The Morgan fingerprint density at radius 3 is 2.67 bits per heavy atom. The number of rotatable bonds is 3. The van der Waals surface area contributed by atoms with Crippen molar-refractivity contribution in [2.24, 2.45) is 0 Å².